The Hall–Kier alpha value is -0.910. The fourth-order valence-corrected chi connectivity index (χ4v) is 3.14. The topological polar surface area (TPSA) is 40.6 Å². The van der Waals surface area contributed by atoms with Crippen molar-refractivity contribution in [2.45, 2.75) is 4.90 Å². The average molecular weight is 239 g/mol. The lowest BCUT2D eigenvalue weighted by Crippen LogP contribution is -2.46. The molecule has 0 spiro atoms. The maximum absolute atomic E-state index is 12.2. The predicted octanol–water partition coefficient (Wildman–Crippen LogP) is 0.423. The second-order valence-electron chi connectivity index (χ2n) is 3.94. The summed E-state index contributed by atoms with van der Waals surface area (Å²) in [4.78, 5) is 2.49. The molecule has 5 heteroatoms. The van der Waals surface area contributed by atoms with Crippen LogP contribution >= 0.6 is 0 Å². The first kappa shape index (κ1) is 11.6. The molecule has 0 aromatic heterocycles. The Labute approximate surface area is 96.5 Å². The Bertz CT molecular complexity index is 436. The number of hydrogen-bond donors (Lipinski definition) is 0. The van der Waals surface area contributed by atoms with Crippen LogP contribution in [-0.4, -0.2) is 50.8 Å². The van der Waals surface area contributed by atoms with Gasteiger partial charge in [-0.15, -0.1) is 0 Å². The molecule has 0 saturated carbocycles. The SMILES string of the molecule is CN1CCN(S(=O)(=O)c2cc[c]cc2)CC1. The number of rotatable bonds is 2. The maximum atomic E-state index is 12.2. The molecule has 1 radical (unpaired) electrons. The van der Waals surface area contributed by atoms with Crippen molar-refractivity contribution in [3.05, 3.63) is 30.3 Å². The third-order valence-corrected chi connectivity index (χ3v) is 4.70. The Balaban J connectivity index is 2.20. The lowest BCUT2D eigenvalue weighted by atomic mass is 10.4. The molecule has 1 aliphatic rings. The molecular weight excluding hydrogens is 224 g/mol. The fraction of sp³-hybridized carbons (Fsp3) is 0.455. The number of piperazine rings is 1. The van der Waals surface area contributed by atoms with Crippen LogP contribution in [0.5, 0.6) is 0 Å². The van der Waals surface area contributed by atoms with Crippen molar-refractivity contribution in [2.75, 3.05) is 33.2 Å². The molecule has 2 rings (SSSR count). The van der Waals surface area contributed by atoms with E-state index in [0.717, 1.165) is 13.1 Å². The summed E-state index contributed by atoms with van der Waals surface area (Å²) in [5.74, 6) is 0. The van der Waals surface area contributed by atoms with E-state index >= 15 is 0 Å². The third-order valence-electron chi connectivity index (χ3n) is 2.79. The standard InChI is InChI=1S/C11H15N2O2S/c1-12-7-9-13(10-8-12)16(14,15)11-5-3-2-4-6-11/h3-6H,7-10H2,1H3. The molecule has 1 aromatic carbocycles. The van der Waals surface area contributed by atoms with Gasteiger partial charge in [-0.2, -0.15) is 4.31 Å². The quantitative estimate of drug-likeness (QED) is 0.751. The van der Waals surface area contributed by atoms with Gasteiger partial charge >= 0.3 is 0 Å². The summed E-state index contributed by atoms with van der Waals surface area (Å²) in [5, 5.41) is 0. The first-order chi connectivity index (χ1) is 7.60. The van der Waals surface area contributed by atoms with E-state index in [2.05, 4.69) is 11.0 Å². The molecule has 0 N–H and O–H groups in total. The highest BCUT2D eigenvalue weighted by Gasteiger charge is 2.26. The van der Waals surface area contributed by atoms with Crippen LogP contribution in [0.1, 0.15) is 0 Å². The highest BCUT2D eigenvalue weighted by Crippen LogP contribution is 2.16. The normalized spacial score (nSPS) is 19.8. The van der Waals surface area contributed by atoms with E-state index < -0.39 is 10.0 Å². The van der Waals surface area contributed by atoms with E-state index in [0.29, 0.717) is 18.0 Å². The van der Waals surface area contributed by atoms with Crippen LogP contribution in [-0.2, 0) is 10.0 Å². The monoisotopic (exact) mass is 239 g/mol. The van der Waals surface area contributed by atoms with Gasteiger partial charge in [0.05, 0.1) is 4.90 Å². The maximum Gasteiger partial charge on any atom is 0.243 e. The first-order valence-corrected chi connectivity index (χ1v) is 6.69. The van der Waals surface area contributed by atoms with Gasteiger partial charge in [-0.3, -0.25) is 0 Å². The highest BCUT2D eigenvalue weighted by atomic mass is 32.2. The summed E-state index contributed by atoms with van der Waals surface area (Å²) in [5.41, 5.74) is 0. The Morgan fingerprint density at radius 2 is 1.69 bits per heavy atom. The van der Waals surface area contributed by atoms with E-state index in [4.69, 9.17) is 0 Å². The molecule has 0 aliphatic carbocycles. The summed E-state index contributed by atoms with van der Waals surface area (Å²) in [6.45, 7) is 2.71. The van der Waals surface area contributed by atoms with Crippen molar-refractivity contribution >= 4 is 10.0 Å². The summed E-state index contributed by atoms with van der Waals surface area (Å²) < 4.78 is 25.9. The molecule has 1 aromatic rings. The van der Waals surface area contributed by atoms with Gasteiger partial charge < -0.3 is 4.90 Å². The Morgan fingerprint density at radius 1 is 1.12 bits per heavy atom. The molecule has 16 heavy (non-hydrogen) atoms. The number of hydrogen-bond acceptors (Lipinski definition) is 3. The van der Waals surface area contributed by atoms with Gasteiger partial charge in [0.15, 0.2) is 0 Å². The van der Waals surface area contributed by atoms with Crippen LogP contribution in [0.4, 0.5) is 0 Å². The molecule has 1 aliphatic heterocycles. The molecule has 0 unspecified atom stereocenters. The minimum atomic E-state index is -3.30. The van der Waals surface area contributed by atoms with Crippen molar-refractivity contribution in [1.29, 1.82) is 0 Å². The third kappa shape index (κ3) is 2.26. The largest absolute Gasteiger partial charge is 0.304 e. The number of benzene rings is 1. The second-order valence-corrected chi connectivity index (χ2v) is 5.88. The van der Waals surface area contributed by atoms with Gasteiger partial charge in [0.1, 0.15) is 0 Å². The molecule has 0 amide bonds. The zero-order valence-electron chi connectivity index (χ0n) is 9.26. The molecule has 4 nitrogen and oxygen atoms in total. The first-order valence-electron chi connectivity index (χ1n) is 5.25. The average Bonchev–Trinajstić information content (AvgIpc) is 2.31. The minimum absolute atomic E-state index is 0.357. The number of likely N-dealkylation sites (N-methyl/N-ethyl adjacent to an activating group) is 1. The summed E-state index contributed by atoms with van der Waals surface area (Å²) in [6, 6.07) is 9.26. The molecule has 1 saturated heterocycles. The zero-order valence-corrected chi connectivity index (χ0v) is 10.1. The number of nitrogens with zero attached hydrogens (tertiary/aromatic N) is 2. The summed E-state index contributed by atoms with van der Waals surface area (Å²) in [6.07, 6.45) is 0. The van der Waals surface area contributed by atoms with Crippen molar-refractivity contribution in [2.24, 2.45) is 0 Å². The predicted molar refractivity (Wildman–Crippen MR) is 61.5 cm³/mol. The summed E-state index contributed by atoms with van der Waals surface area (Å²) in [7, 11) is -1.30. The Morgan fingerprint density at radius 3 is 2.25 bits per heavy atom. The molecule has 0 bridgehead atoms. The van der Waals surface area contributed by atoms with Crippen LogP contribution in [0.2, 0.25) is 0 Å². The van der Waals surface area contributed by atoms with E-state index in [-0.39, 0.29) is 0 Å². The van der Waals surface area contributed by atoms with Gasteiger partial charge in [-0.05, 0) is 25.2 Å². The van der Waals surface area contributed by atoms with E-state index in [1.54, 1.807) is 28.6 Å². The minimum Gasteiger partial charge on any atom is -0.304 e. The van der Waals surface area contributed by atoms with Crippen LogP contribution in [0.25, 0.3) is 0 Å². The van der Waals surface area contributed by atoms with Gasteiger partial charge in [0, 0.05) is 26.2 Å². The van der Waals surface area contributed by atoms with E-state index in [9.17, 15) is 8.42 Å². The van der Waals surface area contributed by atoms with Gasteiger partial charge in [0.2, 0.25) is 10.0 Å². The highest BCUT2D eigenvalue weighted by molar-refractivity contribution is 7.89. The smallest absolute Gasteiger partial charge is 0.243 e. The lowest BCUT2D eigenvalue weighted by molar-refractivity contribution is 0.222. The number of sulfonamides is 1. The van der Waals surface area contributed by atoms with Crippen LogP contribution < -0.4 is 0 Å². The van der Waals surface area contributed by atoms with Crippen molar-refractivity contribution in [3.63, 3.8) is 0 Å². The van der Waals surface area contributed by atoms with Gasteiger partial charge in [0.25, 0.3) is 0 Å². The van der Waals surface area contributed by atoms with Crippen molar-refractivity contribution < 1.29 is 8.42 Å². The molecule has 87 valence electrons. The molecule has 1 heterocycles. The van der Waals surface area contributed by atoms with E-state index in [1.165, 1.54) is 0 Å². The van der Waals surface area contributed by atoms with Gasteiger partial charge in [-0.25, -0.2) is 8.42 Å². The zero-order chi connectivity index (χ0) is 11.6. The van der Waals surface area contributed by atoms with Crippen LogP contribution in [0, 0.1) is 6.07 Å². The molecule has 1 fully saturated rings. The molecular formula is C11H15N2O2S. The Kier molecular flexibility index (Phi) is 3.28. The van der Waals surface area contributed by atoms with Crippen molar-refractivity contribution in [1.82, 2.24) is 9.21 Å². The van der Waals surface area contributed by atoms with Crippen LogP contribution in [0.3, 0.4) is 0 Å². The molecule has 0 atom stereocenters. The van der Waals surface area contributed by atoms with Crippen molar-refractivity contribution in [3.8, 4) is 0 Å². The van der Waals surface area contributed by atoms with Gasteiger partial charge in [-0.1, -0.05) is 12.1 Å². The van der Waals surface area contributed by atoms with Crippen LogP contribution in [0.15, 0.2) is 29.2 Å². The van der Waals surface area contributed by atoms with E-state index in [1.807, 2.05) is 7.05 Å². The second kappa shape index (κ2) is 4.53. The lowest BCUT2D eigenvalue weighted by Gasteiger charge is -2.31. The summed E-state index contributed by atoms with van der Waals surface area (Å²) >= 11 is 0. The fourth-order valence-electron chi connectivity index (χ4n) is 1.72.